The lowest BCUT2D eigenvalue weighted by atomic mass is 10.1. The van der Waals surface area contributed by atoms with E-state index in [1.165, 1.54) is 5.56 Å². The van der Waals surface area contributed by atoms with Crippen LogP contribution < -0.4 is 15.4 Å². The summed E-state index contributed by atoms with van der Waals surface area (Å²) < 4.78 is 5.44. The minimum absolute atomic E-state index is 0.0735. The zero-order valence-corrected chi connectivity index (χ0v) is 11.7. The number of ether oxygens (including phenoxy) is 1. The van der Waals surface area contributed by atoms with Gasteiger partial charge in [-0.25, -0.2) is 0 Å². The highest BCUT2D eigenvalue weighted by Gasteiger charge is 2.12. The molecule has 0 saturated carbocycles. The van der Waals surface area contributed by atoms with E-state index < -0.39 is 0 Å². The van der Waals surface area contributed by atoms with Gasteiger partial charge >= 0.3 is 0 Å². The predicted molar refractivity (Wildman–Crippen MR) is 76.6 cm³/mol. The van der Waals surface area contributed by atoms with E-state index in [1.54, 1.807) is 0 Å². The maximum Gasteiger partial charge on any atom is 0.224 e. The Bertz CT molecular complexity index is 444. The lowest BCUT2D eigenvalue weighted by Crippen LogP contribution is -2.24. The van der Waals surface area contributed by atoms with Crippen molar-refractivity contribution in [2.24, 2.45) is 0 Å². The van der Waals surface area contributed by atoms with Crippen LogP contribution in [0.1, 0.15) is 32.3 Å². The molecule has 19 heavy (non-hydrogen) atoms. The van der Waals surface area contributed by atoms with E-state index in [4.69, 9.17) is 4.74 Å². The lowest BCUT2D eigenvalue weighted by molar-refractivity contribution is -0.116. The van der Waals surface area contributed by atoms with Gasteiger partial charge in [0.2, 0.25) is 5.91 Å². The molecule has 0 bridgehead atoms. The number of carbonyl (C=O) groups is 1. The van der Waals surface area contributed by atoms with Gasteiger partial charge in [-0.2, -0.15) is 0 Å². The molecule has 1 aliphatic rings. The Labute approximate surface area is 114 Å². The Balaban J connectivity index is 1.76. The van der Waals surface area contributed by atoms with Crippen molar-refractivity contribution in [1.82, 2.24) is 5.32 Å². The molecule has 0 unspecified atom stereocenters. The maximum absolute atomic E-state index is 11.8. The molecule has 2 rings (SSSR count). The van der Waals surface area contributed by atoms with Gasteiger partial charge in [0.25, 0.3) is 0 Å². The fourth-order valence-corrected chi connectivity index (χ4v) is 2.13. The Morgan fingerprint density at radius 2 is 2.26 bits per heavy atom. The summed E-state index contributed by atoms with van der Waals surface area (Å²) in [7, 11) is 0. The summed E-state index contributed by atoms with van der Waals surface area (Å²) in [6, 6.07) is 6.30. The van der Waals surface area contributed by atoms with Gasteiger partial charge < -0.3 is 15.4 Å². The Morgan fingerprint density at radius 1 is 1.42 bits per heavy atom. The number of carbonyl (C=O) groups excluding carboxylic acids is 1. The number of hydrogen-bond acceptors (Lipinski definition) is 3. The Morgan fingerprint density at radius 3 is 3.05 bits per heavy atom. The average molecular weight is 262 g/mol. The van der Waals surface area contributed by atoms with E-state index >= 15 is 0 Å². The van der Waals surface area contributed by atoms with Crippen LogP contribution in [0, 0.1) is 0 Å². The summed E-state index contributed by atoms with van der Waals surface area (Å²) in [6.45, 7) is 5.83. The molecule has 0 fully saturated rings. The van der Waals surface area contributed by atoms with Gasteiger partial charge in [-0.15, -0.1) is 0 Å². The van der Waals surface area contributed by atoms with E-state index in [-0.39, 0.29) is 5.91 Å². The molecular formula is C15H22N2O2. The highest BCUT2D eigenvalue weighted by Crippen LogP contribution is 2.27. The van der Waals surface area contributed by atoms with Crippen LogP contribution >= 0.6 is 0 Å². The third-order valence-corrected chi connectivity index (χ3v) is 3.11. The molecular weight excluding hydrogens is 240 g/mol. The molecule has 2 N–H and O–H groups in total. The summed E-state index contributed by atoms with van der Waals surface area (Å²) in [6.07, 6.45) is 2.34. The maximum atomic E-state index is 11.8. The highest BCUT2D eigenvalue weighted by atomic mass is 16.5. The van der Waals surface area contributed by atoms with Crippen molar-refractivity contribution in [3.8, 4) is 5.75 Å². The second-order valence-electron chi connectivity index (χ2n) is 5.18. The van der Waals surface area contributed by atoms with Crippen molar-refractivity contribution < 1.29 is 9.53 Å². The van der Waals surface area contributed by atoms with Gasteiger partial charge in [0.05, 0.1) is 6.61 Å². The van der Waals surface area contributed by atoms with E-state index in [0.29, 0.717) is 12.5 Å². The van der Waals surface area contributed by atoms with Gasteiger partial charge in [-0.05, 0) is 36.7 Å². The number of anilines is 1. The van der Waals surface area contributed by atoms with Crippen LogP contribution in [0.2, 0.25) is 0 Å². The highest BCUT2D eigenvalue weighted by molar-refractivity contribution is 5.90. The number of hydrogen-bond donors (Lipinski definition) is 2. The largest absolute Gasteiger partial charge is 0.493 e. The third kappa shape index (κ3) is 4.24. The van der Waals surface area contributed by atoms with Crippen LogP contribution in [0.25, 0.3) is 0 Å². The summed E-state index contributed by atoms with van der Waals surface area (Å²) >= 11 is 0. The van der Waals surface area contributed by atoms with Crippen LogP contribution in [0.5, 0.6) is 5.75 Å². The van der Waals surface area contributed by atoms with Crippen LogP contribution in [0.3, 0.4) is 0 Å². The van der Waals surface area contributed by atoms with E-state index in [9.17, 15) is 4.79 Å². The Hall–Kier alpha value is -1.55. The molecule has 1 amide bonds. The first-order valence-electron chi connectivity index (χ1n) is 6.94. The minimum atomic E-state index is 0.0735. The van der Waals surface area contributed by atoms with Crippen LogP contribution in [-0.4, -0.2) is 25.1 Å². The van der Waals surface area contributed by atoms with Crippen molar-refractivity contribution in [3.63, 3.8) is 0 Å². The zero-order chi connectivity index (χ0) is 13.7. The number of rotatable bonds is 6. The normalized spacial score (nSPS) is 13.2. The molecule has 0 aliphatic carbocycles. The van der Waals surface area contributed by atoms with Crippen molar-refractivity contribution in [3.05, 3.63) is 23.8 Å². The molecule has 1 aromatic rings. The molecule has 0 aromatic heterocycles. The van der Waals surface area contributed by atoms with Crippen LogP contribution in [0.15, 0.2) is 18.2 Å². The summed E-state index contributed by atoms with van der Waals surface area (Å²) in [5, 5.41) is 6.24. The molecule has 0 atom stereocenters. The molecule has 0 spiro atoms. The number of benzene rings is 1. The molecule has 4 heteroatoms. The van der Waals surface area contributed by atoms with Crippen molar-refractivity contribution in [2.75, 3.05) is 18.5 Å². The molecule has 0 radical (unpaired) electrons. The molecule has 4 nitrogen and oxygen atoms in total. The number of fused-ring (bicyclic) bond motifs is 1. The second kappa shape index (κ2) is 6.57. The molecule has 104 valence electrons. The lowest BCUT2D eigenvalue weighted by Gasteiger charge is -2.09. The third-order valence-electron chi connectivity index (χ3n) is 3.11. The molecule has 1 aromatic carbocycles. The van der Waals surface area contributed by atoms with Gasteiger partial charge in [0.15, 0.2) is 0 Å². The van der Waals surface area contributed by atoms with Crippen LogP contribution in [0.4, 0.5) is 5.69 Å². The average Bonchev–Trinajstić information content (AvgIpc) is 2.82. The van der Waals surface area contributed by atoms with E-state index in [2.05, 4.69) is 24.5 Å². The van der Waals surface area contributed by atoms with Gasteiger partial charge in [-0.3, -0.25) is 4.79 Å². The van der Waals surface area contributed by atoms with E-state index in [0.717, 1.165) is 37.4 Å². The SMILES string of the molecule is CC(C)NCCCC(=O)Nc1ccc2c(c1)CCO2. The van der Waals surface area contributed by atoms with Crippen LogP contribution in [-0.2, 0) is 11.2 Å². The molecule has 1 aliphatic heterocycles. The second-order valence-corrected chi connectivity index (χ2v) is 5.18. The first-order chi connectivity index (χ1) is 9.15. The fraction of sp³-hybridized carbons (Fsp3) is 0.533. The smallest absolute Gasteiger partial charge is 0.224 e. The predicted octanol–water partition coefficient (Wildman–Crippen LogP) is 2.34. The van der Waals surface area contributed by atoms with Crippen molar-refractivity contribution in [1.29, 1.82) is 0 Å². The molecule has 0 saturated heterocycles. The first kappa shape index (κ1) is 13.9. The molecule has 1 heterocycles. The monoisotopic (exact) mass is 262 g/mol. The van der Waals surface area contributed by atoms with Gasteiger partial charge in [0, 0.05) is 24.6 Å². The van der Waals surface area contributed by atoms with E-state index in [1.807, 2.05) is 18.2 Å². The minimum Gasteiger partial charge on any atom is -0.493 e. The fourth-order valence-electron chi connectivity index (χ4n) is 2.13. The van der Waals surface area contributed by atoms with Crippen molar-refractivity contribution in [2.45, 2.75) is 39.2 Å². The number of amides is 1. The van der Waals surface area contributed by atoms with Gasteiger partial charge in [0.1, 0.15) is 5.75 Å². The summed E-state index contributed by atoms with van der Waals surface area (Å²) in [5.74, 6) is 1.02. The Kier molecular flexibility index (Phi) is 4.80. The topological polar surface area (TPSA) is 50.4 Å². The summed E-state index contributed by atoms with van der Waals surface area (Å²) in [4.78, 5) is 11.8. The summed E-state index contributed by atoms with van der Waals surface area (Å²) in [5.41, 5.74) is 2.05. The first-order valence-corrected chi connectivity index (χ1v) is 6.94. The number of nitrogens with one attached hydrogen (secondary N) is 2. The van der Waals surface area contributed by atoms with Crippen molar-refractivity contribution >= 4 is 11.6 Å². The van der Waals surface area contributed by atoms with Gasteiger partial charge in [-0.1, -0.05) is 13.8 Å². The zero-order valence-electron chi connectivity index (χ0n) is 11.7. The standard InChI is InChI=1S/C15H22N2O2/c1-11(2)16-8-3-4-15(18)17-13-5-6-14-12(10-13)7-9-19-14/h5-6,10-11,16H,3-4,7-9H2,1-2H3,(H,17,18). The quantitative estimate of drug-likeness (QED) is 0.774.